The Morgan fingerprint density at radius 3 is 2.77 bits per heavy atom. The van der Waals surface area contributed by atoms with Crippen LogP contribution in [0.2, 0.25) is 0 Å². The van der Waals surface area contributed by atoms with Crippen LogP contribution in [0.1, 0.15) is 32.1 Å². The molecule has 22 heavy (non-hydrogen) atoms. The number of hydrogen-bond donors (Lipinski definition) is 3. The molecule has 0 saturated carbocycles. The number of likely N-dealkylation sites (tertiary alicyclic amines) is 1. The molecule has 0 unspecified atom stereocenters. The average Bonchev–Trinajstić information content (AvgIpc) is 3.00. The third-order valence-corrected chi connectivity index (χ3v) is 4.03. The van der Waals surface area contributed by atoms with Gasteiger partial charge in [0, 0.05) is 6.42 Å². The fourth-order valence-electron chi connectivity index (χ4n) is 2.60. The van der Waals surface area contributed by atoms with Crippen LogP contribution < -0.4 is 5.32 Å². The molecule has 3 atom stereocenters. The summed E-state index contributed by atoms with van der Waals surface area (Å²) in [6.45, 7) is 3.41. The lowest BCUT2D eigenvalue weighted by Crippen LogP contribution is -2.51. The third-order valence-electron chi connectivity index (χ3n) is 3.62. The zero-order valence-corrected chi connectivity index (χ0v) is 13.8. The Morgan fingerprint density at radius 2 is 2.27 bits per heavy atom. The molecule has 2 heterocycles. The predicted molar refractivity (Wildman–Crippen MR) is 80.0 cm³/mol. The van der Waals surface area contributed by atoms with E-state index >= 15 is 0 Å². The molecule has 1 aromatic rings. The van der Waals surface area contributed by atoms with E-state index in [0.29, 0.717) is 10.4 Å². The Kier molecular flexibility index (Phi) is 5.05. The molecule has 0 aliphatic carbocycles. The minimum absolute atomic E-state index is 0.0632. The fourth-order valence-corrected chi connectivity index (χ4v) is 2.90. The highest BCUT2D eigenvalue weighted by atomic mass is 79.9. The summed E-state index contributed by atoms with van der Waals surface area (Å²) in [6.07, 6.45) is -0.751. The van der Waals surface area contributed by atoms with Crippen LogP contribution >= 0.6 is 15.9 Å². The van der Waals surface area contributed by atoms with Gasteiger partial charge < -0.3 is 20.3 Å². The number of amides is 2. The Morgan fingerprint density at radius 1 is 1.59 bits per heavy atom. The van der Waals surface area contributed by atoms with Crippen molar-refractivity contribution in [2.45, 2.75) is 38.5 Å². The van der Waals surface area contributed by atoms with Crippen molar-refractivity contribution in [1.29, 1.82) is 0 Å². The van der Waals surface area contributed by atoms with E-state index in [2.05, 4.69) is 31.2 Å². The summed E-state index contributed by atoms with van der Waals surface area (Å²) >= 11 is 3.23. The van der Waals surface area contributed by atoms with Gasteiger partial charge in [0.2, 0.25) is 5.91 Å². The largest absolute Gasteiger partial charge is 0.465 e. The lowest BCUT2D eigenvalue weighted by molar-refractivity contribution is -0.135. The Balaban J connectivity index is 2.23. The second-order valence-electron chi connectivity index (χ2n) is 5.63. The van der Waals surface area contributed by atoms with Gasteiger partial charge in [-0.1, -0.05) is 13.8 Å². The highest BCUT2D eigenvalue weighted by Gasteiger charge is 2.41. The number of halogens is 2. The number of carbonyl (C=O) groups is 2. The van der Waals surface area contributed by atoms with Crippen LogP contribution in [0.4, 0.5) is 9.18 Å². The number of imidazole rings is 1. The summed E-state index contributed by atoms with van der Waals surface area (Å²) in [5.41, 5.74) is 0. The van der Waals surface area contributed by atoms with Crippen LogP contribution in [0.25, 0.3) is 0 Å². The van der Waals surface area contributed by atoms with E-state index in [1.54, 1.807) is 20.0 Å². The molecule has 0 aromatic carbocycles. The smallest absolute Gasteiger partial charge is 0.405 e. The van der Waals surface area contributed by atoms with E-state index in [-0.39, 0.29) is 18.9 Å². The number of nitrogens with zero attached hydrogens (tertiary/aromatic N) is 2. The van der Waals surface area contributed by atoms with Crippen molar-refractivity contribution < 1.29 is 19.1 Å². The summed E-state index contributed by atoms with van der Waals surface area (Å²) in [6, 6.07) is -1.44. The van der Waals surface area contributed by atoms with E-state index < -0.39 is 30.3 Å². The highest BCUT2D eigenvalue weighted by Crippen LogP contribution is 2.33. The van der Waals surface area contributed by atoms with Crippen molar-refractivity contribution in [2.75, 3.05) is 6.54 Å². The molecule has 1 fully saturated rings. The number of aromatic nitrogens is 2. The van der Waals surface area contributed by atoms with Gasteiger partial charge in [0.05, 0.1) is 18.8 Å². The number of aromatic amines is 1. The number of nitrogens with one attached hydrogen (secondary N) is 2. The van der Waals surface area contributed by atoms with Crippen LogP contribution in [-0.4, -0.2) is 50.7 Å². The molecule has 1 aliphatic heterocycles. The lowest BCUT2D eigenvalue weighted by atomic mass is 10.0. The molecule has 1 aromatic heterocycles. The van der Waals surface area contributed by atoms with Crippen LogP contribution in [-0.2, 0) is 4.79 Å². The summed E-state index contributed by atoms with van der Waals surface area (Å²) < 4.78 is 14.5. The molecule has 0 bridgehead atoms. The Labute approximate surface area is 135 Å². The van der Waals surface area contributed by atoms with Crippen molar-refractivity contribution in [3.05, 3.63) is 16.6 Å². The molecule has 1 saturated heterocycles. The first-order valence-corrected chi connectivity index (χ1v) is 7.73. The second kappa shape index (κ2) is 6.64. The van der Waals surface area contributed by atoms with Gasteiger partial charge in [-0.25, -0.2) is 14.2 Å². The first kappa shape index (κ1) is 16.7. The molecular formula is C13H18BrFN4O3. The van der Waals surface area contributed by atoms with Crippen molar-refractivity contribution >= 4 is 27.9 Å². The van der Waals surface area contributed by atoms with Gasteiger partial charge in [0.25, 0.3) is 0 Å². The Bertz CT molecular complexity index is 565. The van der Waals surface area contributed by atoms with Crippen LogP contribution in [0.15, 0.2) is 10.8 Å². The lowest BCUT2D eigenvalue weighted by Gasteiger charge is -2.29. The normalized spacial score (nSPS) is 22.9. The van der Waals surface area contributed by atoms with E-state index in [4.69, 9.17) is 5.11 Å². The molecule has 7 nitrogen and oxygen atoms in total. The molecular weight excluding hydrogens is 359 g/mol. The number of alkyl halides is 1. The number of carbonyl (C=O) groups excluding carboxylic acids is 1. The topological polar surface area (TPSA) is 98.3 Å². The van der Waals surface area contributed by atoms with Crippen LogP contribution in [0.5, 0.6) is 0 Å². The molecule has 2 amide bonds. The van der Waals surface area contributed by atoms with Gasteiger partial charge in [-0.3, -0.25) is 4.79 Å². The quantitative estimate of drug-likeness (QED) is 0.748. The fraction of sp³-hybridized carbons (Fsp3) is 0.615. The molecule has 0 radical (unpaired) electrons. The number of hydrogen-bond acceptors (Lipinski definition) is 3. The number of rotatable bonds is 4. The van der Waals surface area contributed by atoms with Gasteiger partial charge in [-0.05, 0) is 21.8 Å². The first-order valence-electron chi connectivity index (χ1n) is 6.94. The first-order chi connectivity index (χ1) is 10.3. The molecule has 2 rings (SSSR count). The van der Waals surface area contributed by atoms with Crippen LogP contribution in [0, 0.1) is 5.92 Å². The minimum atomic E-state index is -1.28. The van der Waals surface area contributed by atoms with E-state index in [1.807, 2.05) is 0 Å². The van der Waals surface area contributed by atoms with Crippen molar-refractivity contribution in [2.24, 2.45) is 5.92 Å². The molecule has 122 valence electrons. The summed E-state index contributed by atoms with van der Waals surface area (Å²) in [5.74, 6) is -0.195. The summed E-state index contributed by atoms with van der Waals surface area (Å²) in [7, 11) is 0. The SMILES string of the molecule is CC(C)[C@H](NC(=O)O)C(=O)N1C[C@H](F)C[C@H]1c1ncc(Br)[nH]1. The maximum atomic E-state index is 13.8. The molecule has 1 aliphatic rings. The van der Waals surface area contributed by atoms with E-state index in [0.717, 1.165) is 0 Å². The van der Waals surface area contributed by atoms with Crippen molar-refractivity contribution in [1.82, 2.24) is 20.2 Å². The number of H-pyrrole nitrogens is 1. The summed E-state index contributed by atoms with van der Waals surface area (Å²) in [4.78, 5) is 31.9. The van der Waals surface area contributed by atoms with Gasteiger partial charge >= 0.3 is 6.09 Å². The third kappa shape index (κ3) is 3.57. The minimum Gasteiger partial charge on any atom is -0.465 e. The summed E-state index contributed by atoms with van der Waals surface area (Å²) in [5, 5.41) is 11.1. The van der Waals surface area contributed by atoms with Gasteiger partial charge in [0.15, 0.2) is 0 Å². The van der Waals surface area contributed by atoms with Crippen LogP contribution in [0.3, 0.4) is 0 Å². The van der Waals surface area contributed by atoms with Gasteiger partial charge in [-0.2, -0.15) is 0 Å². The van der Waals surface area contributed by atoms with E-state index in [9.17, 15) is 14.0 Å². The predicted octanol–water partition coefficient (Wildman–Crippen LogP) is 2.08. The zero-order valence-electron chi connectivity index (χ0n) is 12.2. The Hall–Kier alpha value is -1.64. The van der Waals surface area contributed by atoms with Crippen molar-refractivity contribution in [3.8, 4) is 0 Å². The average molecular weight is 377 g/mol. The van der Waals surface area contributed by atoms with E-state index in [1.165, 1.54) is 4.90 Å². The van der Waals surface area contributed by atoms with Gasteiger partial charge in [0.1, 0.15) is 22.6 Å². The highest BCUT2D eigenvalue weighted by molar-refractivity contribution is 9.10. The maximum Gasteiger partial charge on any atom is 0.405 e. The standard InChI is InChI=1S/C13H18BrFN4O3/c1-6(2)10(18-13(21)22)12(20)19-5-7(15)3-8(19)11-16-4-9(14)17-11/h4,6-8,10,18H,3,5H2,1-2H3,(H,16,17)(H,21,22)/t7-,8+,10+/m1/s1. The second-order valence-corrected chi connectivity index (χ2v) is 6.48. The zero-order chi connectivity index (χ0) is 16.4. The van der Waals surface area contributed by atoms with Gasteiger partial charge in [-0.15, -0.1) is 0 Å². The number of carboxylic acid groups (broad SMARTS) is 1. The molecule has 0 spiro atoms. The maximum absolute atomic E-state index is 13.8. The molecule has 3 N–H and O–H groups in total. The van der Waals surface area contributed by atoms with Crippen molar-refractivity contribution in [3.63, 3.8) is 0 Å². The molecule has 9 heteroatoms. The monoisotopic (exact) mass is 376 g/mol.